The van der Waals surface area contributed by atoms with E-state index in [0.29, 0.717) is 0 Å². The summed E-state index contributed by atoms with van der Waals surface area (Å²) in [4.78, 5) is 4.47. The van der Waals surface area contributed by atoms with Gasteiger partial charge in [0.1, 0.15) is 0 Å². The van der Waals surface area contributed by atoms with Gasteiger partial charge in [-0.25, -0.2) is 0 Å². The number of hydrogen-bond acceptors (Lipinski definition) is 4. The summed E-state index contributed by atoms with van der Waals surface area (Å²) < 4.78 is 9.29. The molecule has 3 aromatic heterocycles. The Morgan fingerprint density at radius 3 is 1.74 bits per heavy atom. The molecule has 0 unspecified atom stereocenters. The molecule has 0 bridgehead atoms. The molecule has 4 heteroatoms. The zero-order valence-electron chi connectivity index (χ0n) is 29.7. The summed E-state index contributed by atoms with van der Waals surface area (Å²) in [5.41, 5.74) is 9.46. The maximum Gasteiger partial charge on any atom is 0.175 e. The third-order valence-electron chi connectivity index (χ3n) is 12.0. The third-order valence-corrected chi connectivity index (χ3v) is 15.4. The van der Waals surface area contributed by atoms with Gasteiger partial charge in [-0.05, 0) is 114 Å². The maximum atomic E-state index is 6.40. The van der Waals surface area contributed by atoms with Crippen molar-refractivity contribution in [3.05, 3.63) is 63.5 Å². The smallest absolute Gasteiger partial charge is 0.175 e. The van der Waals surface area contributed by atoms with Crippen molar-refractivity contribution in [3.8, 4) is 25.9 Å². The normalized spacial score (nSPS) is 15.4. The second-order valence-corrected chi connectivity index (χ2v) is 17.7. The van der Waals surface area contributed by atoms with Gasteiger partial charge in [0.05, 0.1) is 11.3 Å². The zero-order chi connectivity index (χ0) is 32.8. The van der Waals surface area contributed by atoms with E-state index < -0.39 is 0 Å². The maximum absolute atomic E-state index is 6.40. The molecule has 1 nitrogen and oxygen atoms in total. The average molecular weight is 683 g/mol. The minimum Gasteiger partial charge on any atom is -0.484 e. The fourth-order valence-electron chi connectivity index (χ4n) is 9.19. The molecule has 2 aromatic carbocycles. The van der Waals surface area contributed by atoms with E-state index in [1.165, 1.54) is 110 Å². The van der Waals surface area contributed by atoms with Crippen molar-refractivity contribution in [1.29, 1.82) is 0 Å². The SMILES string of the molecule is CCCCCCCCCCCCOc1cc2sc3c(c2s1)C(CC)(CC)c1cc2cc4c(cc2cc1-3)C(CC)(CC)c1cc(C)sc1-4. The second kappa shape index (κ2) is 13.6. The van der Waals surface area contributed by atoms with Gasteiger partial charge in [0.15, 0.2) is 5.06 Å². The van der Waals surface area contributed by atoms with Gasteiger partial charge in [-0.1, -0.05) is 104 Å². The molecule has 0 saturated carbocycles. The van der Waals surface area contributed by atoms with Gasteiger partial charge in [0.2, 0.25) is 0 Å². The molecule has 0 aliphatic heterocycles. The van der Waals surface area contributed by atoms with Crippen LogP contribution in [0.1, 0.15) is 152 Å². The Kier molecular flexibility index (Phi) is 9.68. The van der Waals surface area contributed by atoms with E-state index in [4.69, 9.17) is 4.74 Å². The summed E-state index contributed by atoms with van der Waals surface area (Å²) in [6, 6.07) is 15.1. The van der Waals surface area contributed by atoms with Gasteiger partial charge in [0, 0.05) is 36.2 Å². The van der Waals surface area contributed by atoms with Crippen LogP contribution in [0.4, 0.5) is 0 Å². The molecule has 2 aliphatic rings. The Morgan fingerprint density at radius 2 is 1.13 bits per heavy atom. The standard InChI is InChI=1S/C43H54OS3/c1-7-12-13-14-15-16-17-18-19-20-21-44-37-27-36-41(47-37)38-40(46-36)32-24-30-25-33-31(23-29(30)26-34(32)43(38,10-4)11-5)39-35(22-28(6)45-39)42(33,8-2)9-3/h22-27H,7-21H2,1-6H3. The fourth-order valence-corrected chi connectivity index (χ4v) is 13.1. The Bertz CT molecular complexity index is 1870. The van der Waals surface area contributed by atoms with Crippen LogP contribution in [-0.4, -0.2) is 6.61 Å². The lowest BCUT2D eigenvalue weighted by Crippen LogP contribution is -2.23. The van der Waals surface area contributed by atoms with E-state index in [2.05, 4.69) is 77.9 Å². The topological polar surface area (TPSA) is 9.23 Å². The van der Waals surface area contributed by atoms with Gasteiger partial charge >= 0.3 is 0 Å². The van der Waals surface area contributed by atoms with Crippen molar-refractivity contribution in [2.24, 2.45) is 0 Å². The van der Waals surface area contributed by atoms with Crippen LogP contribution in [0.2, 0.25) is 0 Å². The van der Waals surface area contributed by atoms with Crippen LogP contribution >= 0.6 is 34.0 Å². The minimum absolute atomic E-state index is 0.0655. The quantitative estimate of drug-likeness (QED) is 0.0941. The number of aryl methyl sites for hydroxylation is 1. The summed E-state index contributed by atoms with van der Waals surface area (Å²) in [7, 11) is 0. The van der Waals surface area contributed by atoms with E-state index in [0.717, 1.165) is 37.4 Å². The first-order chi connectivity index (χ1) is 22.9. The van der Waals surface area contributed by atoms with Crippen LogP contribution in [0.25, 0.3) is 41.1 Å². The highest BCUT2D eigenvalue weighted by atomic mass is 32.1. The molecule has 0 amide bonds. The van der Waals surface area contributed by atoms with Crippen molar-refractivity contribution >= 4 is 54.2 Å². The van der Waals surface area contributed by atoms with Crippen molar-refractivity contribution in [2.45, 2.75) is 142 Å². The summed E-state index contributed by atoms with van der Waals surface area (Å²) in [6.45, 7) is 15.0. The van der Waals surface area contributed by atoms with E-state index in [1.54, 1.807) is 22.3 Å². The van der Waals surface area contributed by atoms with Crippen LogP contribution in [-0.2, 0) is 10.8 Å². The Balaban J connectivity index is 1.14. The number of benzene rings is 2. The van der Waals surface area contributed by atoms with E-state index in [9.17, 15) is 0 Å². The van der Waals surface area contributed by atoms with Crippen molar-refractivity contribution in [1.82, 2.24) is 0 Å². The average Bonchev–Trinajstić information content (AvgIpc) is 3.86. The summed E-state index contributed by atoms with van der Waals surface area (Å²) in [5, 5.41) is 3.93. The first kappa shape index (κ1) is 33.4. The van der Waals surface area contributed by atoms with E-state index >= 15 is 0 Å². The van der Waals surface area contributed by atoms with Gasteiger partial charge in [-0.3, -0.25) is 0 Å². The molecular formula is C43H54OS3. The molecule has 47 heavy (non-hydrogen) atoms. The van der Waals surface area contributed by atoms with Gasteiger partial charge < -0.3 is 4.74 Å². The van der Waals surface area contributed by atoms with Crippen LogP contribution in [0.15, 0.2) is 36.4 Å². The summed E-state index contributed by atoms with van der Waals surface area (Å²) in [5.74, 6) is 0. The van der Waals surface area contributed by atoms with Gasteiger partial charge in [-0.15, -0.1) is 22.7 Å². The lowest BCUT2D eigenvalue weighted by atomic mass is 9.73. The third kappa shape index (κ3) is 5.44. The molecule has 0 saturated heterocycles. The van der Waals surface area contributed by atoms with Crippen molar-refractivity contribution in [2.75, 3.05) is 6.61 Å². The van der Waals surface area contributed by atoms with Gasteiger partial charge in [-0.2, -0.15) is 0 Å². The van der Waals surface area contributed by atoms with Crippen LogP contribution < -0.4 is 4.74 Å². The molecule has 2 aliphatic carbocycles. The van der Waals surface area contributed by atoms with E-state index in [-0.39, 0.29) is 10.8 Å². The summed E-state index contributed by atoms with van der Waals surface area (Å²) in [6.07, 6.45) is 18.1. The lowest BCUT2D eigenvalue weighted by Gasteiger charge is -2.30. The molecule has 0 radical (unpaired) electrons. The van der Waals surface area contributed by atoms with Crippen LogP contribution in [0.5, 0.6) is 5.06 Å². The predicted octanol–water partition coefficient (Wildman–Crippen LogP) is 15.0. The molecule has 3 heterocycles. The Labute approximate surface area is 295 Å². The minimum atomic E-state index is 0.0655. The number of ether oxygens (including phenoxy) is 1. The highest BCUT2D eigenvalue weighted by molar-refractivity contribution is 7.30. The summed E-state index contributed by atoms with van der Waals surface area (Å²) >= 11 is 5.91. The second-order valence-electron chi connectivity index (χ2n) is 14.4. The molecule has 7 rings (SSSR count). The molecule has 0 atom stereocenters. The number of unbranched alkanes of at least 4 members (excludes halogenated alkanes) is 9. The van der Waals surface area contributed by atoms with Crippen LogP contribution in [0.3, 0.4) is 0 Å². The van der Waals surface area contributed by atoms with Crippen molar-refractivity contribution < 1.29 is 4.74 Å². The fraction of sp³-hybridized carbons (Fsp3) is 0.535. The highest BCUT2D eigenvalue weighted by Gasteiger charge is 2.45. The lowest BCUT2D eigenvalue weighted by molar-refractivity contribution is 0.313. The number of rotatable bonds is 16. The largest absolute Gasteiger partial charge is 0.484 e. The first-order valence-corrected chi connectivity index (χ1v) is 21.3. The molecule has 0 N–H and O–H groups in total. The predicted molar refractivity (Wildman–Crippen MR) is 211 cm³/mol. The molecule has 250 valence electrons. The Hall–Kier alpha value is -2.14. The van der Waals surface area contributed by atoms with Crippen molar-refractivity contribution in [3.63, 3.8) is 0 Å². The zero-order valence-corrected chi connectivity index (χ0v) is 32.2. The van der Waals surface area contributed by atoms with Crippen LogP contribution in [0, 0.1) is 6.92 Å². The molecular weight excluding hydrogens is 629 g/mol. The molecule has 0 fully saturated rings. The molecule has 0 spiro atoms. The van der Waals surface area contributed by atoms with E-state index in [1.807, 2.05) is 34.0 Å². The number of hydrogen-bond donors (Lipinski definition) is 0. The Morgan fingerprint density at radius 1 is 0.553 bits per heavy atom. The number of thiophene rings is 3. The highest BCUT2D eigenvalue weighted by Crippen LogP contribution is 2.62. The van der Waals surface area contributed by atoms with Gasteiger partial charge in [0.25, 0.3) is 0 Å². The monoisotopic (exact) mass is 682 g/mol. The molecule has 5 aromatic rings. The first-order valence-electron chi connectivity index (χ1n) is 18.9. The number of fused-ring (bicyclic) bond motifs is 9.